The zero-order chi connectivity index (χ0) is 22.5. The van der Waals surface area contributed by atoms with Crippen LogP contribution in [0, 0.1) is 0 Å². The van der Waals surface area contributed by atoms with Gasteiger partial charge < -0.3 is 25.6 Å². The third kappa shape index (κ3) is 5.20. The van der Waals surface area contributed by atoms with E-state index in [0.29, 0.717) is 24.7 Å². The van der Waals surface area contributed by atoms with Crippen molar-refractivity contribution >= 4 is 17.7 Å². The van der Waals surface area contributed by atoms with Crippen molar-refractivity contribution in [3.8, 4) is 11.5 Å². The van der Waals surface area contributed by atoms with E-state index in [1.807, 2.05) is 54.8 Å². The van der Waals surface area contributed by atoms with Gasteiger partial charge in [-0.05, 0) is 42.9 Å². The molecule has 2 aliphatic rings. The van der Waals surface area contributed by atoms with E-state index in [-0.39, 0.29) is 11.9 Å². The maximum absolute atomic E-state index is 12.3. The van der Waals surface area contributed by atoms with Gasteiger partial charge in [0.25, 0.3) is 0 Å². The fourth-order valence-electron chi connectivity index (χ4n) is 4.43. The van der Waals surface area contributed by atoms with E-state index in [1.54, 1.807) is 11.8 Å². The number of likely N-dealkylation sites (tertiary alicyclic amines) is 1. The molecule has 2 aromatic rings. The Kier molecular flexibility index (Phi) is 7.57. The number of nitrogens with one attached hydrogen (secondary N) is 1. The molecule has 172 valence electrons. The minimum absolute atomic E-state index is 0.266. The highest BCUT2D eigenvalue weighted by atomic mass is 32.2. The second kappa shape index (κ2) is 10.6. The first kappa shape index (κ1) is 22.9. The monoisotopic (exact) mass is 457 g/mol. The number of amides is 1. The van der Waals surface area contributed by atoms with Crippen LogP contribution in [0.15, 0.2) is 53.4 Å². The summed E-state index contributed by atoms with van der Waals surface area (Å²) < 4.78 is 11.6. The SMILES string of the molecule is CSc1ccccc1C(C(N)=O)N1CCC(NCC(O)C2COc3ccccc3O2)CC1. The van der Waals surface area contributed by atoms with Gasteiger partial charge in [-0.2, -0.15) is 0 Å². The van der Waals surface area contributed by atoms with Gasteiger partial charge >= 0.3 is 0 Å². The Bertz CT molecular complexity index is 920. The number of para-hydroxylation sites is 2. The van der Waals surface area contributed by atoms with Crippen LogP contribution in [0.2, 0.25) is 0 Å². The van der Waals surface area contributed by atoms with Gasteiger partial charge in [0, 0.05) is 30.6 Å². The average molecular weight is 458 g/mol. The van der Waals surface area contributed by atoms with E-state index in [9.17, 15) is 9.90 Å². The Hall–Kier alpha value is -2.26. The molecule has 1 fully saturated rings. The predicted molar refractivity (Wildman–Crippen MR) is 125 cm³/mol. The second-order valence-electron chi connectivity index (χ2n) is 8.25. The summed E-state index contributed by atoms with van der Waals surface area (Å²) in [5.41, 5.74) is 6.78. The van der Waals surface area contributed by atoms with Gasteiger partial charge in [0.2, 0.25) is 5.91 Å². The van der Waals surface area contributed by atoms with Crippen molar-refractivity contribution in [2.45, 2.75) is 42.0 Å². The Morgan fingerprint density at radius 1 is 1.19 bits per heavy atom. The molecule has 2 aromatic carbocycles. The summed E-state index contributed by atoms with van der Waals surface area (Å²) in [6.45, 7) is 2.28. The lowest BCUT2D eigenvalue weighted by molar-refractivity contribution is -0.124. The quantitative estimate of drug-likeness (QED) is 0.523. The first-order chi connectivity index (χ1) is 15.6. The van der Waals surface area contributed by atoms with Crippen LogP contribution < -0.4 is 20.5 Å². The second-order valence-corrected chi connectivity index (χ2v) is 9.09. The first-order valence-electron chi connectivity index (χ1n) is 11.0. The molecule has 4 N–H and O–H groups in total. The Balaban J connectivity index is 1.28. The van der Waals surface area contributed by atoms with E-state index >= 15 is 0 Å². The van der Waals surface area contributed by atoms with E-state index < -0.39 is 18.2 Å². The number of thioether (sulfide) groups is 1. The number of primary amides is 1. The summed E-state index contributed by atoms with van der Waals surface area (Å²) in [4.78, 5) is 15.6. The minimum atomic E-state index is -0.673. The molecule has 0 spiro atoms. The highest BCUT2D eigenvalue weighted by Gasteiger charge is 2.32. The molecule has 0 bridgehead atoms. The molecule has 3 atom stereocenters. The van der Waals surface area contributed by atoms with Gasteiger partial charge in [-0.1, -0.05) is 30.3 Å². The van der Waals surface area contributed by atoms with Crippen LogP contribution in [-0.4, -0.2) is 66.7 Å². The van der Waals surface area contributed by atoms with E-state index in [0.717, 1.165) is 36.4 Å². The molecular formula is C24H31N3O4S. The first-order valence-corrected chi connectivity index (χ1v) is 12.3. The molecule has 2 heterocycles. The van der Waals surface area contributed by atoms with Crippen LogP contribution in [0.1, 0.15) is 24.4 Å². The number of rotatable bonds is 8. The van der Waals surface area contributed by atoms with Crippen molar-refractivity contribution in [1.29, 1.82) is 0 Å². The number of nitrogens with two attached hydrogens (primary N) is 1. The highest BCUT2D eigenvalue weighted by molar-refractivity contribution is 7.98. The molecule has 1 amide bonds. The van der Waals surface area contributed by atoms with Crippen molar-refractivity contribution in [2.24, 2.45) is 5.73 Å². The number of hydrogen-bond donors (Lipinski definition) is 3. The molecule has 7 nitrogen and oxygen atoms in total. The summed E-state index contributed by atoms with van der Waals surface area (Å²) in [6, 6.07) is 15.3. The normalized spacial score (nSPS) is 21.1. The summed E-state index contributed by atoms with van der Waals surface area (Å²) in [5, 5.41) is 14.1. The van der Waals surface area contributed by atoms with Crippen molar-refractivity contribution in [2.75, 3.05) is 32.5 Å². The number of hydrogen-bond acceptors (Lipinski definition) is 7. The summed E-state index contributed by atoms with van der Waals surface area (Å²) in [5.74, 6) is 1.06. The zero-order valence-electron chi connectivity index (χ0n) is 18.3. The van der Waals surface area contributed by atoms with Gasteiger partial charge in [-0.25, -0.2) is 0 Å². The average Bonchev–Trinajstić information content (AvgIpc) is 2.83. The van der Waals surface area contributed by atoms with Crippen molar-refractivity contribution < 1.29 is 19.4 Å². The lowest BCUT2D eigenvalue weighted by Gasteiger charge is -2.37. The fourth-order valence-corrected chi connectivity index (χ4v) is 5.06. The van der Waals surface area contributed by atoms with Crippen LogP contribution in [-0.2, 0) is 4.79 Å². The van der Waals surface area contributed by atoms with Crippen LogP contribution in [0.3, 0.4) is 0 Å². The third-order valence-electron chi connectivity index (χ3n) is 6.17. The van der Waals surface area contributed by atoms with E-state index in [1.165, 1.54) is 0 Å². The summed E-state index contributed by atoms with van der Waals surface area (Å²) in [6.07, 6.45) is 2.69. The third-order valence-corrected chi connectivity index (χ3v) is 6.98. The Morgan fingerprint density at radius 2 is 1.88 bits per heavy atom. The standard InChI is InChI=1S/C24H31N3O4S/c1-32-22-9-5-2-6-17(22)23(24(25)29)27-12-10-16(11-13-27)26-14-18(28)21-15-30-19-7-3-4-8-20(19)31-21/h2-9,16,18,21,23,26,28H,10-15H2,1H3,(H2,25,29). The summed E-state index contributed by atoms with van der Waals surface area (Å²) in [7, 11) is 0. The van der Waals surface area contributed by atoms with Crippen LogP contribution in [0.4, 0.5) is 0 Å². The summed E-state index contributed by atoms with van der Waals surface area (Å²) >= 11 is 1.63. The van der Waals surface area contributed by atoms with Gasteiger partial charge in [0.1, 0.15) is 18.8 Å². The molecule has 0 radical (unpaired) electrons. The maximum atomic E-state index is 12.3. The van der Waals surface area contributed by atoms with Gasteiger partial charge in [-0.3, -0.25) is 9.69 Å². The smallest absolute Gasteiger partial charge is 0.239 e. The number of benzene rings is 2. The number of nitrogens with zero attached hydrogens (tertiary/aromatic N) is 1. The van der Waals surface area contributed by atoms with Gasteiger partial charge in [0.15, 0.2) is 17.6 Å². The molecule has 1 saturated heterocycles. The number of fused-ring (bicyclic) bond motifs is 1. The van der Waals surface area contributed by atoms with Crippen molar-refractivity contribution in [3.05, 3.63) is 54.1 Å². The molecular weight excluding hydrogens is 426 g/mol. The minimum Gasteiger partial charge on any atom is -0.486 e. The molecule has 8 heteroatoms. The number of carbonyl (C=O) groups excluding carboxylic acids is 1. The molecule has 0 saturated carbocycles. The van der Waals surface area contributed by atoms with Crippen LogP contribution in [0.5, 0.6) is 11.5 Å². The van der Waals surface area contributed by atoms with Crippen LogP contribution in [0.25, 0.3) is 0 Å². The zero-order valence-corrected chi connectivity index (χ0v) is 19.1. The Labute approximate surface area is 193 Å². The largest absolute Gasteiger partial charge is 0.486 e. The van der Waals surface area contributed by atoms with Crippen molar-refractivity contribution in [1.82, 2.24) is 10.2 Å². The van der Waals surface area contributed by atoms with Crippen molar-refractivity contribution in [3.63, 3.8) is 0 Å². The van der Waals surface area contributed by atoms with E-state index in [4.69, 9.17) is 15.2 Å². The molecule has 4 rings (SSSR count). The lowest BCUT2D eigenvalue weighted by Crippen LogP contribution is -2.50. The molecule has 3 unspecified atom stereocenters. The maximum Gasteiger partial charge on any atom is 0.239 e. The number of aliphatic hydroxyl groups excluding tert-OH is 1. The number of piperidine rings is 1. The molecule has 2 aliphatic heterocycles. The molecule has 0 aromatic heterocycles. The molecule has 0 aliphatic carbocycles. The van der Waals surface area contributed by atoms with Gasteiger partial charge in [0.05, 0.1) is 0 Å². The topological polar surface area (TPSA) is 97.1 Å². The molecule has 32 heavy (non-hydrogen) atoms. The lowest BCUT2D eigenvalue weighted by atomic mass is 9.98. The number of ether oxygens (including phenoxy) is 2. The Morgan fingerprint density at radius 3 is 2.59 bits per heavy atom. The van der Waals surface area contributed by atoms with Gasteiger partial charge in [-0.15, -0.1) is 11.8 Å². The predicted octanol–water partition coefficient (Wildman–Crippen LogP) is 2.19. The number of carbonyl (C=O) groups is 1. The van der Waals surface area contributed by atoms with Crippen LogP contribution >= 0.6 is 11.8 Å². The van der Waals surface area contributed by atoms with E-state index in [2.05, 4.69) is 10.2 Å². The highest BCUT2D eigenvalue weighted by Crippen LogP contribution is 2.32. The fraction of sp³-hybridized carbons (Fsp3) is 0.458. The number of aliphatic hydroxyl groups is 1.